The first-order chi connectivity index (χ1) is 9.20. The minimum absolute atomic E-state index is 0.575. The molecule has 1 unspecified atom stereocenters. The van der Waals surface area contributed by atoms with Gasteiger partial charge in [-0.2, -0.15) is 5.10 Å². The van der Waals surface area contributed by atoms with Crippen LogP contribution in [-0.2, 0) is 0 Å². The Morgan fingerprint density at radius 3 is 3.11 bits per heavy atom. The third kappa shape index (κ3) is 3.93. The molecule has 1 aliphatic carbocycles. The van der Waals surface area contributed by atoms with Gasteiger partial charge < -0.3 is 0 Å². The summed E-state index contributed by atoms with van der Waals surface area (Å²) in [5, 5.41) is 4.65. The average molecular weight is 321 g/mol. The van der Waals surface area contributed by atoms with Gasteiger partial charge in [-0.15, -0.1) is 6.58 Å². The van der Waals surface area contributed by atoms with E-state index in [9.17, 15) is 0 Å². The maximum atomic E-state index is 4.65. The van der Waals surface area contributed by atoms with Gasteiger partial charge in [-0.3, -0.25) is 5.43 Å². The molecular weight excluding hydrogens is 300 g/mol. The van der Waals surface area contributed by atoms with Crippen molar-refractivity contribution in [1.29, 1.82) is 0 Å². The van der Waals surface area contributed by atoms with Gasteiger partial charge >= 0.3 is 0 Å². The van der Waals surface area contributed by atoms with Crippen molar-refractivity contribution in [2.24, 2.45) is 11.0 Å². The van der Waals surface area contributed by atoms with Crippen molar-refractivity contribution in [3.05, 3.63) is 40.9 Å². The van der Waals surface area contributed by atoms with E-state index in [0.29, 0.717) is 5.92 Å². The van der Waals surface area contributed by atoms with Crippen molar-refractivity contribution in [2.75, 3.05) is 5.43 Å². The first-order valence-corrected chi connectivity index (χ1v) is 7.69. The van der Waals surface area contributed by atoms with Crippen LogP contribution in [0.15, 0.2) is 40.4 Å². The van der Waals surface area contributed by atoms with Crippen LogP contribution in [0.5, 0.6) is 0 Å². The number of hydrogen-bond donors (Lipinski definition) is 1. The highest BCUT2D eigenvalue weighted by atomic mass is 79.9. The zero-order valence-corrected chi connectivity index (χ0v) is 13.0. The lowest BCUT2D eigenvalue weighted by molar-refractivity contribution is 0.530. The van der Waals surface area contributed by atoms with Crippen LogP contribution in [0.1, 0.15) is 37.7 Å². The Kier molecular flexibility index (Phi) is 5.20. The molecule has 3 heteroatoms. The molecule has 1 aromatic carbocycles. The molecule has 0 aliphatic heterocycles. The number of nitrogens with zero attached hydrogens (tertiary/aromatic N) is 1. The topological polar surface area (TPSA) is 24.4 Å². The number of benzene rings is 1. The number of rotatable bonds is 4. The molecule has 2 rings (SSSR count). The summed E-state index contributed by atoms with van der Waals surface area (Å²) in [7, 11) is 0. The number of halogens is 1. The third-order valence-corrected chi connectivity index (χ3v) is 4.17. The predicted octanol–water partition coefficient (Wildman–Crippen LogP) is 5.29. The van der Waals surface area contributed by atoms with Crippen LogP contribution in [0.2, 0.25) is 0 Å². The molecule has 0 saturated heterocycles. The molecule has 0 radical (unpaired) electrons. The van der Waals surface area contributed by atoms with Crippen molar-refractivity contribution in [3.63, 3.8) is 0 Å². The normalized spacial score (nSPS) is 21.4. The van der Waals surface area contributed by atoms with E-state index in [1.165, 1.54) is 30.5 Å². The minimum Gasteiger partial charge on any atom is -0.278 e. The second kappa shape index (κ2) is 6.90. The molecule has 0 aromatic heterocycles. The van der Waals surface area contributed by atoms with Crippen LogP contribution >= 0.6 is 15.9 Å². The van der Waals surface area contributed by atoms with E-state index in [1.54, 1.807) is 0 Å². The summed E-state index contributed by atoms with van der Waals surface area (Å²) < 4.78 is 1.08. The highest BCUT2D eigenvalue weighted by Gasteiger charge is 2.19. The van der Waals surface area contributed by atoms with E-state index >= 15 is 0 Å². The molecule has 0 amide bonds. The molecule has 1 aromatic rings. The van der Waals surface area contributed by atoms with Gasteiger partial charge in [-0.25, -0.2) is 0 Å². The first kappa shape index (κ1) is 14.3. The molecule has 1 saturated carbocycles. The second-order valence-electron chi connectivity index (χ2n) is 5.14. The molecule has 1 N–H and O–H groups in total. The van der Waals surface area contributed by atoms with Crippen molar-refractivity contribution >= 4 is 27.3 Å². The van der Waals surface area contributed by atoms with Crippen molar-refractivity contribution in [1.82, 2.24) is 0 Å². The Morgan fingerprint density at radius 1 is 1.47 bits per heavy atom. The number of hydrogen-bond acceptors (Lipinski definition) is 2. The largest absolute Gasteiger partial charge is 0.278 e. The Hall–Kier alpha value is -1.09. The van der Waals surface area contributed by atoms with Crippen LogP contribution in [0.25, 0.3) is 0 Å². The lowest BCUT2D eigenvalue weighted by Gasteiger charge is -2.23. The third-order valence-electron chi connectivity index (χ3n) is 3.68. The second-order valence-corrected chi connectivity index (χ2v) is 6.06. The summed E-state index contributed by atoms with van der Waals surface area (Å²) in [4.78, 5) is 0. The Morgan fingerprint density at radius 2 is 2.32 bits per heavy atom. The fourth-order valence-electron chi connectivity index (χ4n) is 2.52. The van der Waals surface area contributed by atoms with Crippen LogP contribution in [0.3, 0.4) is 0 Å². The zero-order valence-electron chi connectivity index (χ0n) is 11.5. The fourth-order valence-corrected chi connectivity index (χ4v) is 2.88. The van der Waals surface area contributed by atoms with Gasteiger partial charge in [0, 0.05) is 16.1 Å². The zero-order chi connectivity index (χ0) is 13.7. The van der Waals surface area contributed by atoms with Crippen molar-refractivity contribution in [2.45, 2.75) is 39.0 Å². The molecule has 19 heavy (non-hydrogen) atoms. The highest BCUT2D eigenvalue weighted by molar-refractivity contribution is 9.10. The van der Waals surface area contributed by atoms with Gasteiger partial charge in [0.15, 0.2) is 0 Å². The summed E-state index contributed by atoms with van der Waals surface area (Å²) in [6, 6.07) is 6.22. The van der Waals surface area contributed by atoms with E-state index < -0.39 is 0 Å². The maximum Gasteiger partial charge on any atom is 0.0602 e. The van der Waals surface area contributed by atoms with Crippen LogP contribution < -0.4 is 5.43 Å². The molecule has 0 heterocycles. The summed E-state index contributed by atoms with van der Waals surface area (Å²) in [6.07, 6.45) is 7.97. The number of hydrazone groups is 1. The Bertz CT molecular complexity index is 480. The minimum atomic E-state index is 0.575. The number of aryl methyl sites for hydroxylation is 1. The Labute approximate surface area is 124 Å². The lowest BCUT2D eigenvalue weighted by Crippen LogP contribution is -2.20. The molecule has 1 aliphatic rings. The van der Waals surface area contributed by atoms with Crippen LogP contribution in [-0.4, -0.2) is 5.71 Å². The number of allylic oxidation sites excluding steroid dienone is 1. The summed E-state index contributed by atoms with van der Waals surface area (Å²) in [5.41, 5.74) is 6.82. The smallest absolute Gasteiger partial charge is 0.0602 e. The summed E-state index contributed by atoms with van der Waals surface area (Å²) >= 11 is 3.50. The quantitative estimate of drug-likeness (QED) is 0.591. The van der Waals surface area contributed by atoms with Gasteiger partial charge in [0.2, 0.25) is 0 Å². The average Bonchev–Trinajstić information content (AvgIpc) is 2.42. The Balaban J connectivity index is 2.11. The van der Waals surface area contributed by atoms with E-state index in [4.69, 9.17) is 0 Å². The van der Waals surface area contributed by atoms with Crippen LogP contribution in [0.4, 0.5) is 5.69 Å². The van der Waals surface area contributed by atoms with E-state index in [1.807, 2.05) is 6.08 Å². The molecule has 0 bridgehead atoms. The van der Waals surface area contributed by atoms with E-state index in [0.717, 1.165) is 23.0 Å². The van der Waals surface area contributed by atoms with E-state index in [2.05, 4.69) is 58.2 Å². The van der Waals surface area contributed by atoms with Gasteiger partial charge in [-0.1, -0.05) is 34.5 Å². The molecule has 1 fully saturated rings. The lowest BCUT2D eigenvalue weighted by atomic mass is 9.85. The number of nitrogens with one attached hydrogen (secondary N) is 1. The molecule has 0 spiro atoms. The standard InChI is InChI=1S/C16H21BrN2/c1-3-6-13-7-4-5-8-15(13)18-19-16-11-14(17)10-9-12(16)2/h3,9-11,13,19H,1,4-8H2,2H3. The maximum absolute atomic E-state index is 4.65. The number of anilines is 1. The van der Waals surface area contributed by atoms with E-state index in [-0.39, 0.29) is 0 Å². The first-order valence-electron chi connectivity index (χ1n) is 6.90. The van der Waals surface area contributed by atoms with Gasteiger partial charge in [0.1, 0.15) is 0 Å². The highest BCUT2D eigenvalue weighted by Crippen LogP contribution is 2.26. The SMILES string of the molecule is C=CCC1CCCCC1=NNc1cc(Br)ccc1C. The van der Waals surface area contributed by atoms with Gasteiger partial charge in [0.25, 0.3) is 0 Å². The van der Waals surface area contributed by atoms with Crippen LogP contribution in [0, 0.1) is 12.8 Å². The van der Waals surface area contributed by atoms with Crippen molar-refractivity contribution < 1.29 is 0 Å². The van der Waals surface area contributed by atoms with Gasteiger partial charge in [-0.05, 0) is 50.3 Å². The van der Waals surface area contributed by atoms with Gasteiger partial charge in [0.05, 0.1) is 5.69 Å². The monoisotopic (exact) mass is 320 g/mol. The summed E-state index contributed by atoms with van der Waals surface area (Å²) in [6.45, 7) is 5.95. The molecular formula is C16H21BrN2. The predicted molar refractivity (Wildman–Crippen MR) is 86.7 cm³/mol. The summed E-state index contributed by atoms with van der Waals surface area (Å²) in [5.74, 6) is 0.575. The molecule has 2 nitrogen and oxygen atoms in total. The molecule has 102 valence electrons. The molecule has 1 atom stereocenters. The van der Waals surface area contributed by atoms with Crippen molar-refractivity contribution in [3.8, 4) is 0 Å². The fraction of sp³-hybridized carbons (Fsp3) is 0.438.